The van der Waals surface area contributed by atoms with Gasteiger partial charge in [0, 0.05) is 90.4 Å². The van der Waals surface area contributed by atoms with Crippen LogP contribution in [0.4, 0.5) is 0 Å². The van der Waals surface area contributed by atoms with Gasteiger partial charge in [0.05, 0.1) is 58.0 Å². The molecular weight excluding hydrogens is 604 g/mol. The Hall–Kier alpha value is -0.640. The molecule has 16 heteroatoms. The van der Waals surface area contributed by atoms with Crippen molar-refractivity contribution in [1.29, 1.82) is 0 Å². The third-order valence-corrected chi connectivity index (χ3v) is 9.51. The van der Waals surface area contributed by atoms with Gasteiger partial charge in [-0.3, -0.25) is 0 Å². The number of hydrogen-bond acceptors (Lipinski definition) is 16. The summed E-state index contributed by atoms with van der Waals surface area (Å²) in [5.41, 5.74) is 0. The minimum absolute atomic E-state index is 0.0169. The standard InChI is InChI=1S/C29H54O16/c1-37-12-22-16(6-31)15(5-30)19(9-34)28(41-22)44-26-18(8-33)21(11-36)29(43-24(26)14-39-3)45-25-17(7-32)20(10-35)27(40-4)42-23(25)13-38-2/h15-36H,5-14H2,1-4H3/t15-,16+,17+,18+,19?,20?,21?,22?,23?,24?,25+,26+,27?,28-,29-/m0/s1. The second-order valence-electron chi connectivity index (χ2n) is 11.9. The van der Waals surface area contributed by atoms with Gasteiger partial charge in [-0.25, -0.2) is 0 Å². The van der Waals surface area contributed by atoms with Gasteiger partial charge >= 0.3 is 0 Å². The summed E-state index contributed by atoms with van der Waals surface area (Å²) in [7, 11) is 5.85. The van der Waals surface area contributed by atoms with Crippen molar-refractivity contribution < 1.29 is 78.4 Å². The molecule has 15 atom stereocenters. The molecule has 0 amide bonds. The molecule has 3 aliphatic heterocycles. The van der Waals surface area contributed by atoms with Gasteiger partial charge in [-0.1, -0.05) is 0 Å². The van der Waals surface area contributed by atoms with Crippen molar-refractivity contribution in [3.63, 3.8) is 0 Å². The van der Waals surface area contributed by atoms with E-state index in [1.807, 2.05) is 0 Å². The maximum absolute atomic E-state index is 10.7. The summed E-state index contributed by atoms with van der Waals surface area (Å²) in [6.07, 6.45) is -7.14. The van der Waals surface area contributed by atoms with Crippen LogP contribution in [-0.2, 0) is 42.6 Å². The zero-order chi connectivity index (χ0) is 33.1. The highest BCUT2D eigenvalue weighted by molar-refractivity contribution is 4.96. The summed E-state index contributed by atoms with van der Waals surface area (Å²) in [6.45, 7) is -2.62. The zero-order valence-electron chi connectivity index (χ0n) is 26.5. The molecule has 3 rings (SSSR count). The van der Waals surface area contributed by atoms with Crippen LogP contribution in [0.25, 0.3) is 0 Å². The van der Waals surface area contributed by atoms with Gasteiger partial charge in [0.15, 0.2) is 18.9 Å². The number of aliphatic hydroxyl groups is 7. The fraction of sp³-hybridized carbons (Fsp3) is 1.00. The number of rotatable bonds is 18. The van der Waals surface area contributed by atoms with Crippen LogP contribution in [0.15, 0.2) is 0 Å². The molecule has 0 aromatic rings. The molecule has 266 valence electrons. The van der Waals surface area contributed by atoms with E-state index in [9.17, 15) is 35.7 Å². The van der Waals surface area contributed by atoms with Crippen LogP contribution < -0.4 is 0 Å². The molecule has 0 aromatic carbocycles. The van der Waals surface area contributed by atoms with Crippen molar-refractivity contribution >= 4 is 0 Å². The quantitative estimate of drug-likeness (QED) is 0.0769. The normalized spacial score (nSPS) is 42.6. The molecule has 3 heterocycles. The largest absolute Gasteiger partial charge is 0.396 e. The van der Waals surface area contributed by atoms with E-state index in [1.54, 1.807) is 0 Å². The van der Waals surface area contributed by atoms with E-state index >= 15 is 0 Å². The third kappa shape index (κ3) is 8.70. The van der Waals surface area contributed by atoms with Gasteiger partial charge in [0.25, 0.3) is 0 Å². The lowest BCUT2D eigenvalue weighted by atomic mass is 9.76. The van der Waals surface area contributed by atoms with Crippen LogP contribution in [0.5, 0.6) is 0 Å². The zero-order valence-corrected chi connectivity index (χ0v) is 26.5. The molecule has 45 heavy (non-hydrogen) atoms. The van der Waals surface area contributed by atoms with E-state index in [0.29, 0.717) is 0 Å². The van der Waals surface area contributed by atoms with Crippen LogP contribution in [0.1, 0.15) is 0 Å². The molecule has 3 fully saturated rings. The Bertz CT molecular complexity index is 810. The van der Waals surface area contributed by atoms with Crippen molar-refractivity contribution in [2.75, 3.05) is 94.5 Å². The van der Waals surface area contributed by atoms with Crippen molar-refractivity contribution in [2.24, 2.45) is 41.4 Å². The Morgan fingerprint density at radius 1 is 0.400 bits per heavy atom. The highest BCUT2D eigenvalue weighted by Crippen LogP contribution is 2.42. The summed E-state index contributed by atoms with van der Waals surface area (Å²) >= 11 is 0. The average molecular weight is 659 g/mol. The lowest BCUT2D eigenvalue weighted by Crippen LogP contribution is -2.62. The second-order valence-corrected chi connectivity index (χ2v) is 11.9. The van der Waals surface area contributed by atoms with Crippen LogP contribution in [0.2, 0.25) is 0 Å². The molecule has 0 aliphatic carbocycles. The summed E-state index contributed by atoms with van der Waals surface area (Å²) in [5.74, 6) is -4.81. The van der Waals surface area contributed by atoms with Gasteiger partial charge in [-0.15, -0.1) is 0 Å². The van der Waals surface area contributed by atoms with Gasteiger partial charge < -0.3 is 78.4 Å². The maximum Gasteiger partial charge on any atom is 0.164 e. The number of aliphatic hydroxyl groups excluding tert-OH is 7. The van der Waals surface area contributed by atoms with Gasteiger partial charge in [-0.05, 0) is 5.92 Å². The third-order valence-electron chi connectivity index (χ3n) is 9.51. The summed E-state index contributed by atoms with van der Waals surface area (Å²) in [5, 5.41) is 72.3. The molecule has 16 nitrogen and oxygen atoms in total. The van der Waals surface area contributed by atoms with E-state index in [0.717, 1.165) is 0 Å². The average Bonchev–Trinajstić information content (AvgIpc) is 3.05. The van der Waals surface area contributed by atoms with Crippen molar-refractivity contribution in [3.8, 4) is 0 Å². The molecule has 0 aromatic heterocycles. The van der Waals surface area contributed by atoms with Crippen LogP contribution in [0.3, 0.4) is 0 Å². The number of hydrogen-bond donors (Lipinski definition) is 7. The van der Waals surface area contributed by atoms with E-state index in [-0.39, 0.29) is 46.2 Å². The predicted molar refractivity (Wildman–Crippen MR) is 152 cm³/mol. The SMILES string of the molecule is COCC1O[C@@H](O[C@H]2C(COC)O[C@@H](O[C@H]3C(COC)OC(OC)C(CO)[C@H]3CO)C(CO)[C@H]2CO)C(CO)[C@@H](CO)[C@H]1CO. The first-order chi connectivity index (χ1) is 21.9. The van der Waals surface area contributed by atoms with Gasteiger partial charge in [0.2, 0.25) is 0 Å². The highest BCUT2D eigenvalue weighted by atomic mass is 16.7. The Labute approximate surface area is 264 Å². The lowest BCUT2D eigenvalue weighted by molar-refractivity contribution is -0.364. The first-order valence-corrected chi connectivity index (χ1v) is 15.4. The van der Waals surface area contributed by atoms with E-state index in [2.05, 4.69) is 0 Å². The monoisotopic (exact) mass is 658 g/mol. The number of methoxy groups -OCH3 is 4. The minimum atomic E-state index is -1.14. The lowest BCUT2D eigenvalue weighted by Gasteiger charge is -2.51. The summed E-state index contributed by atoms with van der Waals surface area (Å²) < 4.78 is 52.9. The van der Waals surface area contributed by atoms with Crippen molar-refractivity contribution in [2.45, 2.75) is 49.4 Å². The molecule has 0 saturated carbocycles. The molecule has 0 spiro atoms. The van der Waals surface area contributed by atoms with Crippen LogP contribution >= 0.6 is 0 Å². The smallest absolute Gasteiger partial charge is 0.164 e. The highest BCUT2D eigenvalue weighted by Gasteiger charge is 2.54. The topological polar surface area (TPSA) is 225 Å². The van der Waals surface area contributed by atoms with E-state index in [4.69, 9.17) is 42.6 Å². The van der Waals surface area contributed by atoms with Crippen LogP contribution in [0, 0.1) is 41.4 Å². The predicted octanol–water partition coefficient (Wildman–Crippen LogP) is -3.22. The van der Waals surface area contributed by atoms with Gasteiger partial charge in [-0.2, -0.15) is 0 Å². The molecule has 3 saturated heterocycles. The molecule has 7 N–H and O–H groups in total. The van der Waals surface area contributed by atoms with Crippen molar-refractivity contribution in [1.82, 2.24) is 0 Å². The molecule has 0 bridgehead atoms. The van der Waals surface area contributed by atoms with Gasteiger partial charge in [0.1, 0.15) is 12.2 Å². The number of ether oxygens (including phenoxy) is 9. The Balaban J connectivity index is 1.92. The maximum atomic E-state index is 10.7. The van der Waals surface area contributed by atoms with Crippen LogP contribution in [-0.4, -0.2) is 180 Å². The summed E-state index contributed by atoms with van der Waals surface area (Å²) in [6, 6.07) is 0. The molecule has 0 radical (unpaired) electrons. The first kappa shape index (κ1) is 38.8. The molecular formula is C29H54O16. The first-order valence-electron chi connectivity index (χ1n) is 15.4. The minimum Gasteiger partial charge on any atom is -0.396 e. The Morgan fingerprint density at radius 3 is 1.11 bits per heavy atom. The molecule has 7 unspecified atom stereocenters. The second kappa shape index (κ2) is 19.4. The van der Waals surface area contributed by atoms with Crippen molar-refractivity contribution in [3.05, 3.63) is 0 Å². The summed E-state index contributed by atoms with van der Waals surface area (Å²) in [4.78, 5) is 0. The Kier molecular flexibility index (Phi) is 16.7. The molecule has 3 aliphatic rings. The van der Waals surface area contributed by atoms with E-state index in [1.165, 1.54) is 28.4 Å². The fourth-order valence-electron chi connectivity index (χ4n) is 7.09. The Morgan fingerprint density at radius 2 is 0.733 bits per heavy atom. The fourth-order valence-corrected chi connectivity index (χ4v) is 7.09. The van der Waals surface area contributed by atoms with E-state index < -0.39 is 111 Å².